The third-order valence-corrected chi connectivity index (χ3v) is 6.92. The molecule has 0 radical (unpaired) electrons. The standard InChI is InChI=1S/C32H61NO3/c1-4-6-8-10-12-14-15-16-17-18-19-20-22-24-26-28-32(35)33-31(29-36-30(3)34)27-25-23-21-13-11-9-7-5-2/h16-17,31H,4-15,18-29H2,1-3H3,(H,33,35). The minimum atomic E-state index is -0.276. The Kier molecular flexibility index (Phi) is 27.2. The normalized spacial score (nSPS) is 12.2. The molecule has 1 amide bonds. The molecule has 0 saturated heterocycles. The summed E-state index contributed by atoms with van der Waals surface area (Å²) in [5.41, 5.74) is 0. The summed E-state index contributed by atoms with van der Waals surface area (Å²) in [4.78, 5) is 23.6. The van der Waals surface area contributed by atoms with E-state index in [0.717, 1.165) is 25.7 Å². The van der Waals surface area contributed by atoms with Gasteiger partial charge in [-0.05, 0) is 38.5 Å². The third kappa shape index (κ3) is 27.3. The molecule has 0 rings (SSSR count). The van der Waals surface area contributed by atoms with Gasteiger partial charge in [0.1, 0.15) is 6.61 Å². The first-order chi connectivity index (χ1) is 17.6. The van der Waals surface area contributed by atoms with Gasteiger partial charge in [-0.3, -0.25) is 9.59 Å². The van der Waals surface area contributed by atoms with E-state index in [4.69, 9.17) is 4.74 Å². The Morgan fingerprint density at radius 3 is 1.58 bits per heavy atom. The SMILES string of the molecule is CCCCCCCCC=CCCCCCCCC(=O)NC(CCCCCCCCCC)COC(C)=O. The molecule has 0 fully saturated rings. The molecule has 4 nitrogen and oxygen atoms in total. The monoisotopic (exact) mass is 507 g/mol. The molecule has 0 bridgehead atoms. The number of carbonyl (C=O) groups excluding carboxylic acids is 2. The maximum absolute atomic E-state index is 12.4. The molecule has 0 saturated carbocycles. The van der Waals surface area contributed by atoms with E-state index in [-0.39, 0.29) is 17.9 Å². The third-order valence-electron chi connectivity index (χ3n) is 6.92. The first kappa shape index (κ1) is 34.7. The smallest absolute Gasteiger partial charge is 0.302 e. The second-order valence-corrected chi connectivity index (χ2v) is 10.7. The van der Waals surface area contributed by atoms with Crippen LogP contribution >= 0.6 is 0 Å². The number of esters is 1. The first-order valence-electron chi connectivity index (χ1n) is 15.7. The molecule has 0 aliphatic heterocycles. The molecule has 0 aromatic carbocycles. The molecule has 1 atom stereocenters. The van der Waals surface area contributed by atoms with Crippen molar-refractivity contribution >= 4 is 11.9 Å². The van der Waals surface area contributed by atoms with Crippen LogP contribution in [0.1, 0.15) is 168 Å². The zero-order chi connectivity index (χ0) is 26.5. The maximum atomic E-state index is 12.4. The topological polar surface area (TPSA) is 55.4 Å². The highest BCUT2D eigenvalue weighted by Gasteiger charge is 2.13. The molecule has 212 valence electrons. The van der Waals surface area contributed by atoms with Gasteiger partial charge in [0.15, 0.2) is 0 Å². The van der Waals surface area contributed by atoms with E-state index < -0.39 is 0 Å². The Morgan fingerprint density at radius 1 is 0.639 bits per heavy atom. The summed E-state index contributed by atoms with van der Waals surface area (Å²) in [5.74, 6) is -0.174. The number of unbranched alkanes of at least 4 members (excludes halogenated alkanes) is 18. The lowest BCUT2D eigenvalue weighted by atomic mass is 10.0. The molecule has 0 aromatic heterocycles. The van der Waals surface area contributed by atoms with Crippen molar-refractivity contribution in [2.75, 3.05) is 6.61 Å². The summed E-state index contributed by atoms with van der Waals surface area (Å²) in [6.07, 6.45) is 32.7. The van der Waals surface area contributed by atoms with Gasteiger partial charge in [0.2, 0.25) is 5.91 Å². The summed E-state index contributed by atoms with van der Waals surface area (Å²) in [6.45, 7) is 6.24. The number of carbonyl (C=O) groups is 2. The largest absolute Gasteiger partial charge is 0.464 e. The van der Waals surface area contributed by atoms with Crippen molar-refractivity contribution in [1.82, 2.24) is 5.32 Å². The van der Waals surface area contributed by atoms with Gasteiger partial charge in [-0.2, -0.15) is 0 Å². The first-order valence-corrected chi connectivity index (χ1v) is 15.7. The summed E-state index contributed by atoms with van der Waals surface area (Å²) in [5, 5.41) is 3.12. The second-order valence-electron chi connectivity index (χ2n) is 10.7. The Bertz CT molecular complexity index is 518. The average Bonchev–Trinajstić information content (AvgIpc) is 2.86. The van der Waals surface area contributed by atoms with Gasteiger partial charge >= 0.3 is 5.97 Å². The van der Waals surface area contributed by atoms with Crippen LogP contribution in [0.3, 0.4) is 0 Å². The van der Waals surface area contributed by atoms with Crippen LogP contribution < -0.4 is 5.32 Å². The molecule has 0 heterocycles. The van der Waals surface area contributed by atoms with Gasteiger partial charge in [0.25, 0.3) is 0 Å². The van der Waals surface area contributed by atoms with Gasteiger partial charge in [0.05, 0.1) is 6.04 Å². The highest BCUT2D eigenvalue weighted by Crippen LogP contribution is 2.12. The highest BCUT2D eigenvalue weighted by molar-refractivity contribution is 5.76. The lowest BCUT2D eigenvalue weighted by Gasteiger charge is -2.18. The Morgan fingerprint density at radius 2 is 1.08 bits per heavy atom. The van der Waals surface area contributed by atoms with Crippen molar-refractivity contribution in [3.8, 4) is 0 Å². The number of rotatable bonds is 27. The van der Waals surface area contributed by atoms with Crippen molar-refractivity contribution in [1.29, 1.82) is 0 Å². The van der Waals surface area contributed by atoms with E-state index in [1.807, 2.05) is 0 Å². The van der Waals surface area contributed by atoms with Gasteiger partial charge < -0.3 is 10.1 Å². The molecule has 0 aliphatic carbocycles. The molecule has 0 aromatic rings. The number of hydrogen-bond donors (Lipinski definition) is 1. The molecule has 36 heavy (non-hydrogen) atoms. The fourth-order valence-electron chi connectivity index (χ4n) is 4.60. The molecule has 0 spiro atoms. The Hall–Kier alpha value is -1.32. The van der Waals surface area contributed by atoms with Crippen LogP contribution in [0.5, 0.6) is 0 Å². The van der Waals surface area contributed by atoms with Crippen LogP contribution in [-0.2, 0) is 14.3 Å². The lowest BCUT2D eigenvalue weighted by molar-refractivity contribution is -0.142. The second kappa shape index (κ2) is 28.3. The number of nitrogens with one attached hydrogen (secondary N) is 1. The summed E-state index contributed by atoms with van der Waals surface area (Å²) in [7, 11) is 0. The summed E-state index contributed by atoms with van der Waals surface area (Å²) >= 11 is 0. The number of hydrogen-bond acceptors (Lipinski definition) is 3. The van der Waals surface area contributed by atoms with Gasteiger partial charge in [-0.25, -0.2) is 0 Å². The Labute approximate surface area is 224 Å². The molecule has 1 unspecified atom stereocenters. The van der Waals surface area contributed by atoms with Gasteiger partial charge in [0, 0.05) is 13.3 Å². The van der Waals surface area contributed by atoms with E-state index in [2.05, 4.69) is 31.3 Å². The van der Waals surface area contributed by atoms with Crippen molar-refractivity contribution in [3.05, 3.63) is 12.2 Å². The van der Waals surface area contributed by atoms with E-state index in [1.54, 1.807) is 0 Å². The van der Waals surface area contributed by atoms with Crippen LogP contribution in [0, 0.1) is 0 Å². The number of allylic oxidation sites excluding steroid dienone is 2. The number of ether oxygens (including phenoxy) is 1. The molecule has 1 N–H and O–H groups in total. The van der Waals surface area contributed by atoms with Gasteiger partial charge in [-0.15, -0.1) is 0 Å². The van der Waals surface area contributed by atoms with Crippen molar-refractivity contribution < 1.29 is 14.3 Å². The zero-order valence-corrected chi connectivity index (χ0v) is 24.4. The number of amides is 1. The molecular formula is C32H61NO3. The van der Waals surface area contributed by atoms with E-state index in [0.29, 0.717) is 13.0 Å². The quantitative estimate of drug-likeness (QED) is 0.0684. The van der Waals surface area contributed by atoms with Crippen molar-refractivity contribution in [2.45, 2.75) is 174 Å². The van der Waals surface area contributed by atoms with Crippen molar-refractivity contribution in [3.63, 3.8) is 0 Å². The summed E-state index contributed by atoms with van der Waals surface area (Å²) < 4.78 is 5.20. The van der Waals surface area contributed by atoms with E-state index in [9.17, 15) is 9.59 Å². The minimum Gasteiger partial charge on any atom is -0.464 e. The van der Waals surface area contributed by atoms with Crippen LogP contribution in [0.2, 0.25) is 0 Å². The highest BCUT2D eigenvalue weighted by atomic mass is 16.5. The molecule has 4 heteroatoms. The molecular weight excluding hydrogens is 446 g/mol. The summed E-state index contributed by atoms with van der Waals surface area (Å²) in [6, 6.07) is -0.0513. The predicted molar refractivity (Wildman–Crippen MR) is 155 cm³/mol. The lowest BCUT2D eigenvalue weighted by Crippen LogP contribution is -2.38. The Balaban J connectivity index is 3.76. The van der Waals surface area contributed by atoms with Crippen molar-refractivity contribution in [2.24, 2.45) is 0 Å². The van der Waals surface area contributed by atoms with Gasteiger partial charge in [-0.1, -0.05) is 129 Å². The van der Waals surface area contributed by atoms with E-state index in [1.165, 1.54) is 122 Å². The average molecular weight is 508 g/mol. The minimum absolute atomic E-state index is 0.0513. The van der Waals surface area contributed by atoms with Crippen LogP contribution in [0.4, 0.5) is 0 Å². The van der Waals surface area contributed by atoms with Crippen LogP contribution in [-0.4, -0.2) is 24.5 Å². The predicted octanol–water partition coefficient (Wildman–Crippen LogP) is 9.60. The molecule has 0 aliphatic rings. The fraction of sp³-hybridized carbons (Fsp3) is 0.875. The van der Waals surface area contributed by atoms with Crippen LogP contribution in [0.25, 0.3) is 0 Å². The van der Waals surface area contributed by atoms with Crippen LogP contribution in [0.15, 0.2) is 12.2 Å². The zero-order valence-electron chi connectivity index (χ0n) is 24.4. The fourth-order valence-corrected chi connectivity index (χ4v) is 4.60. The van der Waals surface area contributed by atoms with E-state index >= 15 is 0 Å². The maximum Gasteiger partial charge on any atom is 0.302 e.